The van der Waals surface area contributed by atoms with Crippen LogP contribution in [-0.4, -0.2) is 28.8 Å². The van der Waals surface area contributed by atoms with Crippen LogP contribution in [-0.2, 0) is 0 Å². The lowest BCUT2D eigenvalue weighted by Crippen LogP contribution is -2.03. The molecule has 0 amide bonds. The van der Waals surface area contributed by atoms with E-state index in [0.717, 1.165) is 28.9 Å². The standard InChI is InChI=1S/C10H13N3S/c1-14-5-4-11-9-2-3-10-8(6-9)7-12-13-10/h2-3,6-7,11H,4-5H2,1H3,(H,12,13). The largest absolute Gasteiger partial charge is 0.384 e. The highest BCUT2D eigenvalue weighted by Gasteiger charge is 1.96. The lowest BCUT2D eigenvalue weighted by atomic mass is 10.2. The van der Waals surface area contributed by atoms with Gasteiger partial charge in [-0.25, -0.2) is 0 Å². The van der Waals surface area contributed by atoms with E-state index >= 15 is 0 Å². The fourth-order valence-electron chi connectivity index (χ4n) is 1.35. The van der Waals surface area contributed by atoms with Crippen LogP contribution in [0.3, 0.4) is 0 Å². The molecule has 2 N–H and O–H groups in total. The second kappa shape index (κ2) is 4.37. The van der Waals surface area contributed by atoms with Crippen molar-refractivity contribution in [3.63, 3.8) is 0 Å². The lowest BCUT2D eigenvalue weighted by molar-refractivity contribution is 1.12. The van der Waals surface area contributed by atoms with Gasteiger partial charge in [0.15, 0.2) is 0 Å². The Bertz CT molecular complexity index is 410. The van der Waals surface area contributed by atoms with E-state index in [1.807, 2.05) is 24.0 Å². The lowest BCUT2D eigenvalue weighted by Gasteiger charge is -2.04. The number of aromatic amines is 1. The van der Waals surface area contributed by atoms with Gasteiger partial charge in [0.05, 0.1) is 11.7 Å². The first-order valence-corrected chi connectivity index (χ1v) is 5.95. The predicted octanol–water partition coefficient (Wildman–Crippen LogP) is 2.34. The Morgan fingerprint density at radius 3 is 3.29 bits per heavy atom. The Balaban J connectivity index is 2.10. The van der Waals surface area contributed by atoms with E-state index in [1.54, 1.807) is 0 Å². The molecule has 0 aliphatic carbocycles. The van der Waals surface area contributed by atoms with Gasteiger partial charge in [0, 0.05) is 23.4 Å². The maximum absolute atomic E-state index is 3.98. The molecule has 0 saturated heterocycles. The molecule has 1 aromatic heterocycles. The Kier molecular flexibility index (Phi) is 2.93. The molecule has 4 heteroatoms. The van der Waals surface area contributed by atoms with Gasteiger partial charge < -0.3 is 5.32 Å². The zero-order valence-electron chi connectivity index (χ0n) is 8.08. The van der Waals surface area contributed by atoms with E-state index in [-0.39, 0.29) is 0 Å². The molecule has 0 aliphatic rings. The fourth-order valence-corrected chi connectivity index (χ4v) is 1.66. The Hall–Kier alpha value is -1.16. The van der Waals surface area contributed by atoms with E-state index in [4.69, 9.17) is 0 Å². The molecule has 0 atom stereocenters. The van der Waals surface area contributed by atoms with Crippen LogP contribution in [0.2, 0.25) is 0 Å². The number of rotatable bonds is 4. The summed E-state index contributed by atoms with van der Waals surface area (Å²) in [6.45, 7) is 1.00. The molecule has 0 saturated carbocycles. The van der Waals surface area contributed by atoms with Crippen molar-refractivity contribution in [3.8, 4) is 0 Å². The molecule has 1 aromatic carbocycles. The second-order valence-electron chi connectivity index (χ2n) is 3.09. The van der Waals surface area contributed by atoms with Crippen LogP contribution in [0.4, 0.5) is 5.69 Å². The molecule has 0 unspecified atom stereocenters. The van der Waals surface area contributed by atoms with E-state index in [0.29, 0.717) is 0 Å². The second-order valence-corrected chi connectivity index (χ2v) is 4.08. The van der Waals surface area contributed by atoms with Gasteiger partial charge in [-0.15, -0.1) is 0 Å². The number of benzene rings is 1. The first kappa shape index (κ1) is 9.40. The summed E-state index contributed by atoms with van der Waals surface area (Å²) in [6, 6.07) is 6.23. The average Bonchev–Trinajstić information content (AvgIpc) is 2.65. The highest BCUT2D eigenvalue weighted by molar-refractivity contribution is 7.98. The topological polar surface area (TPSA) is 40.7 Å². The van der Waals surface area contributed by atoms with E-state index in [1.165, 1.54) is 0 Å². The minimum absolute atomic E-state index is 1.00. The van der Waals surface area contributed by atoms with Crippen LogP contribution in [0.1, 0.15) is 0 Å². The highest BCUT2D eigenvalue weighted by atomic mass is 32.2. The van der Waals surface area contributed by atoms with Gasteiger partial charge in [-0.1, -0.05) is 0 Å². The third-order valence-electron chi connectivity index (χ3n) is 2.08. The Labute approximate surface area is 87.3 Å². The summed E-state index contributed by atoms with van der Waals surface area (Å²) in [7, 11) is 0. The van der Waals surface area contributed by atoms with E-state index in [2.05, 4.69) is 33.9 Å². The minimum Gasteiger partial charge on any atom is -0.384 e. The van der Waals surface area contributed by atoms with Crippen molar-refractivity contribution in [3.05, 3.63) is 24.4 Å². The monoisotopic (exact) mass is 207 g/mol. The SMILES string of the molecule is CSCCNc1ccc2[nH]ncc2c1. The third-order valence-corrected chi connectivity index (χ3v) is 2.69. The molecule has 14 heavy (non-hydrogen) atoms. The summed E-state index contributed by atoms with van der Waals surface area (Å²) in [6.07, 6.45) is 3.95. The zero-order chi connectivity index (χ0) is 9.80. The van der Waals surface area contributed by atoms with Crippen molar-refractivity contribution >= 4 is 28.4 Å². The molecule has 2 aromatic rings. The van der Waals surface area contributed by atoms with Crippen LogP contribution >= 0.6 is 11.8 Å². The summed E-state index contributed by atoms with van der Waals surface area (Å²) < 4.78 is 0. The normalized spacial score (nSPS) is 10.6. The number of hydrogen-bond donors (Lipinski definition) is 2. The van der Waals surface area contributed by atoms with Gasteiger partial charge in [0.1, 0.15) is 0 Å². The molecular weight excluding hydrogens is 194 g/mol. The van der Waals surface area contributed by atoms with Crippen molar-refractivity contribution < 1.29 is 0 Å². The van der Waals surface area contributed by atoms with Crippen molar-refractivity contribution in [2.24, 2.45) is 0 Å². The molecular formula is C10H13N3S. The van der Waals surface area contributed by atoms with Gasteiger partial charge in [0.25, 0.3) is 0 Å². The van der Waals surface area contributed by atoms with Crippen LogP contribution in [0.15, 0.2) is 24.4 Å². The zero-order valence-corrected chi connectivity index (χ0v) is 8.90. The summed E-state index contributed by atoms with van der Waals surface area (Å²) in [5.41, 5.74) is 2.24. The molecule has 0 bridgehead atoms. The number of thioether (sulfide) groups is 1. The van der Waals surface area contributed by atoms with Crippen molar-refractivity contribution in [2.75, 3.05) is 23.9 Å². The molecule has 0 radical (unpaired) electrons. The molecule has 0 spiro atoms. The number of anilines is 1. The quantitative estimate of drug-likeness (QED) is 0.756. The van der Waals surface area contributed by atoms with Gasteiger partial charge in [0.2, 0.25) is 0 Å². The number of nitrogens with one attached hydrogen (secondary N) is 2. The smallest absolute Gasteiger partial charge is 0.0651 e. The molecule has 0 fully saturated rings. The number of hydrogen-bond acceptors (Lipinski definition) is 3. The van der Waals surface area contributed by atoms with Crippen molar-refractivity contribution in [1.29, 1.82) is 0 Å². The van der Waals surface area contributed by atoms with Crippen LogP contribution in [0.5, 0.6) is 0 Å². The maximum Gasteiger partial charge on any atom is 0.0651 e. The number of nitrogens with zero attached hydrogens (tertiary/aromatic N) is 1. The van der Waals surface area contributed by atoms with Crippen LogP contribution in [0.25, 0.3) is 10.9 Å². The van der Waals surface area contributed by atoms with E-state index < -0.39 is 0 Å². The number of fused-ring (bicyclic) bond motifs is 1. The predicted molar refractivity (Wildman–Crippen MR) is 63.0 cm³/mol. The van der Waals surface area contributed by atoms with Gasteiger partial charge >= 0.3 is 0 Å². The first-order chi connectivity index (χ1) is 6.90. The van der Waals surface area contributed by atoms with Crippen LogP contribution in [0, 0.1) is 0 Å². The summed E-state index contributed by atoms with van der Waals surface area (Å²) >= 11 is 1.85. The van der Waals surface area contributed by atoms with Gasteiger partial charge in [-0.3, -0.25) is 5.10 Å². The summed E-state index contributed by atoms with van der Waals surface area (Å²) in [4.78, 5) is 0. The first-order valence-electron chi connectivity index (χ1n) is 4.56. The third kappa shape index (κ3) is 2.01. The number of aromatic nitrogens is 2. The molecule has 74 valence electrons. The summed E-state index contributed by atoms with van der Waals surface area (Å²) in [5, 5.41) is 11.4. The Morgan fingerprint density at radius 2 is 2.43 bits per heavy atom. The van der Waals surface area contributed by atoms with E-state index in [9.17, 15) is 0 Å². The Morgan fingerprint density at radius 1 is 1.50 bits per heavy atom. The fraction of sp³-hybridized carbons (Fsp3) is 0.300. The minimum atomic E-state index is 1.00. The van der Waals surface area contributed by atoms with Crippen molar-refractivity contribution in [1.82, 2.24) is 10.2 Å². The van der Waals surface area contributed by atoms with Crippen molar-refractivity contribution in [2.45, 2.75) is 0 Å². The number of H-pyrrole nitrogens is 1. The molecule has 1 heterocycles. The highest BCUT2D eigenvalue weighted by Crippen LogP contribution is 2.16. The van der Waals surface area contributed by atoms with Gasteiger partial charge in [-0.2, -0.15) is 16.9 Å². The molecule has 3 nitrogen and oxygen atoms in total. The van der Waals surface area contributed by atoms with Gasteiger partial charge in [-0.05, 0) is 24.5 Å². The average molecular weight is 207 g/mol. The molecule has 2 rings (SSSR count). The maximum atomic E-state index is 3.98. The molecule has 0 aliphatic heterocycles. The van der Waals surface area contributed by atoms with Crippen LogP contribution < -0.4 is 5.32 Å². The summed E-state index contributed by atoms with van der Waals surface area (Å²) in [5.74, 6) is 1.13.